The van der Waals surface area contributed by atoms with Gasteiger partial charge in [0.2, 0.25) is 11.8 Å². The van der Waals surface area contributed by atoms with Gasteiger partial charge in [-0.1, -0.05) is 62.7 Å². The number of aryl methyl sites for hydroxylation is 2. The lowest BCUT2D eigenvalue weighted by Gasteiger charge is -2.15. The van der Waals surface area contributed by atoms with Crippen LogP contribution in [-0.4, -0.2) is 21.6 Å². The summed E-state index contributed by atoms with van der Waals surface area (Å²) in [6.07, 6.45) is 1.74. The van der Waals surface area contributed by atoms with Crippen molar-refractivity contribution in [2.24, 2.45) is 0 Å². The first-order valence-electron chi connectivity index (χ1n) is 10.9. The lowest BCUT2D eigenvalue weighted by Crippen LogP contribution is -2.32. The van der Waals surface area contributed by atoms with Crippen LogP contribution in [0.5, 0.6) is 0 Å². The second-order valence-electron chi connectivity index (χ2n) is 7.52. The van der Waals surface area contributed by atoms with Crippen molar-refractivity contribution in [3.05, 3.63) is 75.0 Å². The number of amides is 2. The molecular formula is C25H27ClN4O3. The summed E-state index contributed by atoms with van der Waals surface area (Å²) in [7, 11) is 0. The largest absolute Gasteiger partial charge is 0.324 e. The molecule has 7 nitrogen and oxygen atoms in total. The fourth-order valence-corrected chi connectivity index (χ4v) is 3.58. The molecule has 2 amide bonds. The topological polar surface area (TPSA) is 93.1 Å². The van der Waals surface area contributed by atoms with Crippen molar-refractivity contribution in [1.82, 2.24) is 9.78 Å². The molecule has 0 aliphatic heterocycles. The van der Waals surface area contributed by atoms with Crippen LogP contribution in [0, 0.1) is 0 Å². The standard InChI is InChI=1S/C25H27ClN4O3/c1-4-16-8-7-9-17(5-2)24(16)28-23(32)15-30-25(33)21(27-22(31)6-3)14-20(29-30)18-10-12-19(26)13-11-18/h7-14H,4-6,15H2,1-3H3,(H,27,31)(H,28,32). The van der Waals surface area contributed by atoms with Crippen LogP contribution in [0.3, 0.4) is 0 Å². The van der Waals surface area contributed by atoms with Crippen molar-refractivity contribution >= 4 is 34.8 Å². The van der Waals surface area contributed by atoms with E-state index in [-0.39, 0.29) is 30.5 Å². The Kier molecular flexibility index (Phi) is 8.01. The van der Waals surface area contributed by atoms with Gasteiger partial charge in [0, 0.05) is 22.7 Å². The lowest BCUT2D eigenvalue weighted by molar-refractivity contribution is -0.117. The van der Waals surface area contributed by atoms with Crippen molar-refractivity contribution in [2.45, 2.75) is 46.6 Å². The Morgan fingerprint density at radius 1 is 0.939 bits per heavy atom. The number of anilines is 2. The highest BCUT2D eigenvalue weighted by molar-refractivity contribution is 6.30. The maximum absolute atomic E-state index is 13.0. The van der Waals surface area contributed by atoms with E-state index < -0.39 is 5.56 Å². The molecule has 2 N–H and O–H groups in total. The Labute approximate surface area is 197 Å². The number of nitrogens with one attached hydrogen (secondary N) is 2. The van der Waals surface area contributed by atoms with Gasteiger partial charge < -0.3 is 10.6 Å². The van der Waals surface area contributed by atoms with Crippen molar-refractivity contribution in [2.75, 3.05) is 10.6 Å². The summed E-state index contributed by atoms with van der Waals surface area (Å²) in [5, 5.41) is 10.5. The summed E-state index contributed by atoms with van der Waals surface area (Å²) in [4.78, 5) is 37.9. The molecule has 0 atom stereocenters. The molecule has 8 heteroatoms. The lowest BCUT2D eigenvalue weighted by atomic mass is 10.0. The molecule has 1 heterocycles. The summed E-state index contributed by atoms with van der Waals surface area (Å²) < 4.78 is 1.07. The van der Waals surface area contributed by atoms with Gasteiger partial charge in [-0.05, 0) is 42.2 Å². The third kappa shape index (κ3) is 5.87. The molecule has 0 saturated heterocycles. The van der Waals surface area contributed by atoms with Crippen LogP contribution in [0.4, 0.5) is 11.4 Å². The first kappa shape index (κ1) is 24.2. The summed E-state index contributed by atoms with van der Waals surface area (Å²) in [6.45, 7) is 5.44. The molecule has 3 rings (SSSR count). The van der Waals surface area contributed by atoms with Gasteiger partial charge in [-0.2, -0.15) is 5.10 Å². The Balaban J connectivity index is 1.98. The van der Waals surface area contributed by atoms with E-state index in [2.05, 4.69) is 15.7 Å². The molecule has 0 fully saturated rings. The molecule has 0 aliphatic rings. The van der Waals surface area contributed by atoms with Gasteiger partial charge in [0.25, 0.3) is 5.56 Å². The van der Waals surface area contributed by atoms with Gasteiger partial charge >= 0.3 is 0 Å². The van der Waals surface area contributed by atoms with Crippen LogP contribution in [0.1, 0.15) is 38.3 Å². The predicted octanol–water partition coefficient (Wildman–Crippen LogP) is 4.68. The maximum Gasteiger partial charge on any atom is 0.291 e. The van der Waals surface area contributed by atoms with Gasteiger partial charge in [-0.3, -0.25) is 14.4 Å². The van der Waals surface area contributed by atoms with Gasteiger partial charge in [-0.15, -0.1) is 0 Å². The van der Waals surface area contributed by atoms with Crippen molar-refractivity contribution in [3.8, 4) is 11.3 Å². The molecule has 2 aromatic carbocycles. The summed E-state index contributed by atoms with van der Waals surface area (Å²) >= 11 is 5.98. The summed E-state index contributed by atoms with van der Waals surface area (Å²) in [6, 6.07) is 14.4. The summed E-state index contributed by atoms with van der Waals surface area (Å²) in [5.41, 5.74) is 3.47. The van der Waals surface area contributed by atoms with Crippen LogP contribution in [0.15, 0.2) is 53.3 Å². The second-order valence-corrected chi connectivity index (χ2v) is 7.96. The Bertz CT molecular complexity index is 1200. The highest BCUT2D eigenvalue weighted by atomic mass is 35.5. The van der Waals surface area contributed by atoms with E-state index in [1.54, 1.807) is 31.2 Å². The van der Waals surface area contributed by atoms with Crippen LogP contribution >= 0.6 is 11.6 Å². The number of carbonyl (C=O) groups is 2. The smallest absolute Gasteiger partial charge is 0.291 e. The molecule has 0 aliphatic carbocycles. The average molecular weight is 467 g/mol. The van der Waals surface area contributed by atoms with Gasteiger partial charge in [0.15, 0.2) is 0 Å². The normalized spacial score (nSPS) is 10.7. The number of hydrogen-bond acceptors (Lipinski definition) is 4. The number of carbonyl (C=O) groups excluding carboxylic acids is 2. The Morgan fingerprint density at radius 3 is 2.15 bits per heavy atom. The van der Waals surface area contributed by atoms with E-state index in [1.165, 1.54) is 6.07 Å². The second kappa shape index (κ2) is 10.9. The van der Waals surface area contributed by atoms with E-state index in [4.69, 9.17) is 11.6 Å². The van der Waals surface area contributed by atoms with E-state index >= 15 is 0 Å². The van der Waals surface area contributed by atoms with Crippen LogP contribution < -0.4 is 16.2 Å². The SMILES string of the molecule is CCC(=O)Nc1cc(-c2ccc(Cl)cc2)nn(CC(=O)Nc2c(CC)cccc2CC)c1=O. The fourth-order valence-electron chi connectivity index (χ4n) is 3.46. The number of para-hydroxylation sites is 1. The van der Waals surface area contributed by atoms with E-state index in [0.717, 1.165) is 34.3 Å². The number of halogens is 1. The van der Waals surface area contributed by atoms with Crippen LogP contribution in [0.25, 0.3) is 11.3 Å². The van der Waals surface area contributed by atoms with Gasteiger partial charge in [0.05, 0.1) is 5.69 Å². The van der Waals surface area contributed by atoms with Gasteiger partial charge in [-0.25, -0.2) is 4.68 Å². The minimum absolute atomic E-state index is 0.0674. The molecule has 3 aromatic rings. The molecule has 0 spiro atoms. The molecule has 172 valence electrons. The zero-order valence-electron chi connectivity index (χ0n) is 18.9. The third-order valence-electron chi connectivity index (χ3n) is 5.27. The molecule has 0 saturated carbocycles. The van der Waals surface area contributed by atoms with Gasteiger partial charge in [0.1, 0.15) is 12.2 Å². The van der Waals surface area contributed by atoms with Crippen molar-refractivity contribution in [1.29, 1.82) is 0 Å². The number of rotatable bonds is 8. The number of benzene rings is 2. The highest BCUT2D eigenvalue weighted by Crippen LogP contribution is 2.23. The third-order valence-corrected chi connectivity index (χ3v) is 5.52. The highest BCUT2D eigenvalue weighted by Gasteiger charge is 2.16. The predicted molar refractivity (Wildman–Crippen MR) is 132 cm³/mol. The maximum atomic E-state index is 13.0. The Morgan fingerprint density at radius 2 is 1.58 bits per heavy atom. The molecule has 0 bridgehead atoms. The minimum atomic E-state index is -0.552. The first-order chi connectivity index (χ1) is 15.9. The summed E-state index contributed by atoms with van der Waals surface area (Å²) in [5.74, 6) is -0.679. The number of aromatic nitrogens is 2. The molecule has 1 aromatic heterocycles. The number of hydrogen-bond donors (Lipinski definition) is 2. The Hall–Kier alpha value is -3.45. The van der Waals surface area contributed by atoms with Crippen LogP contribution in [0.2, 0.25) is 5.02 Å². The van der Waals surface area contributed by atoms with E-state index in [0.29, 0.717) is 16.3 Å². The first-order valence-corrected chi connectivity index (χ1v) is 11.3. The quantitative estimate of drug-likeness (QED) is 0.504. The molecule has 0 radical (unpaired) electrons. The van der Waals surface area contributed by atoms with E-state index in [9.17, 15) is 14.4 Å². The number of nitrogens with zero attached hydrogens (tertiary/aromatic N) is 2. The molecule has 0 unspecified atom stereocenters. The fraction of sp³-hybridized carbons (Fsp3) is 0.280. The van der Waals surface area contributed by atoms with E-state index in [1.807, 2.05) is 32.0 Å². The monoisotopic (exact) mass is 466 g/mol. The molecular weight excluding hydrogens is 440 g/mol. The van der Waals surface area contributed by atoms with Crippen molar-refractivity contribution in [3.63, 3.8) is 0 Å². The van der Waals surface area contributed by atoms with Crippen LogP contribution in [-0.2, 0) is 29.0 Å². The average Bonchev–Trinajstić information content (AvgIpc) is 2.82. The minimum Gasteiger partial charge on any atom is -0.324 e. The zero-order chi connectivity index (χ0) is 24.0. The van der Waals surface area contributed by atoms with Crippen molar-refractivity contribution < 1.29 is 9.59 Å². The molecule has 33 heavy (non-hydrogen) atoms. The zero-order valence-corrected chi connectivity index (χ0v) is 19.7.